The van der Waals surface area contributed by atoms with Gasteiger partial charge in [0.05, 0.1) is 11.7 Å². The summed E-state index contributed by atoms with van der Waals surface area (Å²) in [6.07, 6.45) is -4.78. The van der Waals surface area contributed by atoms with E-state index in [4.69, 9.17) is 5.73 Å². The second kappa shape index (κ2) is 6.91. The number of alkyl halides is 3. The zero-order chi connectivity index (χ0) is 15.5. The highest BCUT2D eigenvalue weighted by Gasteiger charge is 2.34. The van der Waals surface area contributed by atoms with Crippen LogP contribution in [-0.4, -0.2) is 11.7 Å². The third-order valence-electron chi connectivity index (χ3n) is 3.16. The number of aliphatic hydroxyl groups excluding tert-OH is 1. The van der Waals surface area contributed by atoms with Gasteiger partial charge in [0, 0.05) is 10.4 Å². The first-order valence-corrected chi connectivity index (χ1v) is 7.20. The lowest BCUT2D eigenvalue weighted by molar-refractivity contribution is -0.138. The minimum absolute atomic E-state index is 0.0332. The Morgan fingerprint density at radius 1 is 1.30 bits per heavy atom. The van der Waals surface area contributed by atoms with Crippen LogP contribution in [0, 0.1) is 11.8 Å². The van der Waals surface area contributed by atoms with Crippen molar-refractivity contribution in [3.05, 3.63) is 33.8 Å². The maximum atomic E-state index is 12.8. The van der Waals surface area contributed by atoms with Gasteiger partial charge in [-0.15, -0.1) is 0 Å². The summed E-state index contributed by atoms with van der Waals surface area (Å²) >= 11 is 2.88. The van der Waals surface area contributed by atoms with E-state index in [1.165, 1.54) is 12.1 Å². The fourth-order valence-electron chi connectivity index (χ4n) is 2.18. The van der Waals surface area contributed by atoms with Crippen molar-refractivity contribution >= 4 is 15.9 Å². The Bertz CT molecular complexity index is 449. The first-order valence-electron chi connectivity index (χ1n) is 6.41. The largest absolute Gasteiger partial charge is 0.417 e. The molecule has 0 amide bonds. The van der Waals surface area contributed by atoms with Crippen molar-refractivity contribution in [3.8, 4) is 0 Å². The minimum Gasteiger partial charge on any atom is -0.388 e. The number of benzene rings is 1. The molecule has 6 heteroatoms. The standard InChI is InChI=1S/C14H19BrF3NO/c1-8(2)5-10(7-19)13(20)9-3-4-12(15)11(6-9)14(16,17)18/h3-4,6,8,10,13,20H,5,7,19H2,1-2H3. The fraction of sp³-hybridized carbons (Fsp3) is 0.571. The Hall–Kier alpha value is -0.590. The van der Waals surface area contributed by atoms with Gasteiger partial charge in [0.1, 0.15) is 0 Å². The number of rotatable bonds is 5. The third kappa shape index (κ3) is 4.46. The molecule has 0 aromatic heterocycles. The molecule has 2 unspecified atom stereocenters. The number of hydrogen-bond donors (Lipinski definition) is 2. The number of aliphatic hydroxyl groups is 1. The number of nitrogens with two attached hydrogens (primary N) is 1. The minimum atomic E-state index is -4.45. The molecule has 0 spiro atoms. The van der Waals surface area contributed by atoms with E-state index in [0.717, 1.165) is 6.07 Å². The van der Waals surface area contributed by atoms with Crippen molar-refractivity contribution in [2.75, 3.05) is 6.54 Å². The van der Waals surface area contributed by atoms with E-state index in [-0.39, 0.29) is 22.5 Å². The van der Waals surface area contributed by atoms with Crippen LogP contribution >= 0.6 is 15.9 Å². The number of halogens is 4. The lowest BCUT2D eigenvalue weighted by atomic mass is 9.88. The molecule has 0 saturated carbocycles. The van der Waals surface area contributed by atoms with E-state index in [1.807, 2.05) is 13.8 Å². The van der Waals surface area contributed by atoms with Crippen LogP contribution in [-0.2, 0) is 6.18 Å². The van der Waals surface area contributed by atoms with Crippen LogP contribution < -0.4 is 5.73 Å². The maximum Gasteiger partial charge on any atom is 0.417 e. The molecule has 0 aliphatic heterocycles. The normalized spacial score (nSPS) is 15.4. The van der Waals surface area contributed by atoms with Gasteiger partial charge >= 0.3 is 6.18 Å². The predicted octanol–water partition coefficient (Wildman–Crippen LogP) is 4.12. The average molecular weight is 354 g/mol. The van der Waals surface area contributed by atoms with Gasteiger partial charge in [-0.25, -0.2) is 0 Å². The van der Waals surface area contributed by atoms with Crippen molar-refractivity contribution in [2.24, 2.45) is 17.6 Å². The summed E-state index contributed by atoms with van der Waals surface area (Å²) in [7, 11) is 0. The molecule has 0 fully saturated rings. The van der Waals surface area contributed by atoms with Gasteiger partial charge in [-0.3, -0.25) is 0 Å². The summed E-state index contributed by atoms with van der Waals surface area (Å²) in [5, 5.41) is 10.2. The predicted molar refractivity (Wildman–Crippen MR) is 76.1 cm³/mol. The highest BCUT2D eigenvalue weighted by atomic mass is 79.9. The quantitative estimate of drug-likeness (QED) is 0.836. The Balaban J connectivity index is 3.07. The van der Waals surface area contributed by atoms with E-state index in [1.54, 1.807) is 0 Å². The summed E-state index contributed by atoms with van der Waals surface area (Å²) in [5.41, 5.74) is 5.09. The van der Waals surface area contributed by atoms with Crippen LogP contribution in [0.3, 0.4) is 0 Å². The second-order valence-electron chi connectivity index (χ2n) is 5.31. The number of hydrogen-bond acceptors (Lipinski definition) is 2. The molecule has 0 aliphatic rings. The summed E-state index contributed by atoms with van der Waals surface area (Å²) in [5.74, 6) is 0.0630. The molecule has 0 bridgehead atoms. The van der Waals surface area contributed by atoms with E-state index in [0.29, 0.717) is 12.3 Å². The van der Waals surface area contributed by atoms with Crippen molar-refractivity contribution in [3.63, 3.8) is 0 Å². The van der Waals surface area contributed by atoms with Crippen molar-refractivity contribution in [1.29, 1.82) is 0 Å². The van der Waals surface area contributed by atoms with Crippen molar-refractivity contribution in [1.82, 2.24) is 0 Å². The Morgan fingerprint density at radius 3 is 2.35 bits per heavy atom. The third-order valence-corrected chi connectivity index (χ3v) is 3.85. The summed E-state index contributed by atoms with van der Waals surface area (Å²) in [6, 6.07) is 3.79. The van der Waals surface area contributed by atoms with E-state index in [2.05, 4.69) is 15.9 Å². The van der Waals surface area contributed by atoms with Gasteiger partial charge in [0.15, 0.2) is 0 Å². The van der Waals surface area contributed by atoms with Crippen LogP contribution in [0.5, 0.6) is 0 Å². The van der Waals surface area contributed by atoms with E-state index >= 15 is 0 Å². The molecule has 1 aromatic carbocycles. The molecule has 2 atom stereocenters. The molecule has 114 valence electrons. The molecule has 2 nitrogen and oxygen atoms in total. The maximum absolute atomic E-state index is 12.8. The van der Waals surface area contributed by atoms with Gasteiger partial charge in [-0.1, -0.05) is 35.8 Å². The topological polar surface area (TPSA) is 46.2 Å². The fourth-order valence-corrected chi connectivity index (χ4v) is 2.65. The van der Waals surface area contributed by atoms with Crippen LogP contribution in [0.15, 0.2) is 22.7 Å². The molecule has 0 radical (unpaired) electrons. The zero-order valence-corrected chi connectivity index (χ0v) is 13.0. The molecule has 1 rings (SSSR count). The van der Waals surface area contributed by atoms with Crippen LogP contribution in [0.2, 0.25) is 0 Å². The first-order chi connectivity index (χ1) is 9.16. The molecule has 0 heterocycles. The van der Waals surface area contributed by atoms with Gasteiger partial charge in [0.25, 0.3) is 0 Å². The van der Waals surface area contributed by atoms with Crippen LogP contribution in [0.25, 0.3) is 0 Å². The SMILES string of the molecule is CC(C)CC(CN)C(O)c1ccc(Br)c(C(F)(F)F)c1. The van der Waals surface area contributed by atoms with Crippen LogP contribution in [0.1, 0.15) is 37.5 Å². The lowest BCUT2D eigenvalue weighted by Gasteiger charge is -2.24. The Kier molecular flexibility index (Phi) is 6.04. The summed E-state index contributed by atoms with van der Waals surface area (Å²) in [4.78, 5) is 0. The lowest BCUT2D eigenvalue weighted by Crippen LogP contribution is -2.24. The van der Waals surface area contributed by atoms with Gasteiger partial charge in [-0.05, 0) is 36.6 Å². The van der Waals surface area contributed by atoms with Gasteiger partial charge in [0.2, 0.25) is 0 Å². The van der Waals surface area contributed by atoms with Crippen molar-refractivity contribution in [2.45, 2.75) is 32.5 Å². The Labute approximate surface area is 125 Å². The smallest absolute Gasteiger partial charge is 0.388 e. The summed E-state index contributed by atoms with van der Waals surface area (Å²) < 4.78 is 38.5. The van der Waals surface area contributed by atoms with Gasteiger partial charge in [-0.2, -0.15) is 13.2 Å². The van der Waals surface area contributed by atoms with Crippen LogP contribution in [0.4, 0.5) is 13.2 Å². The highest BCUT2D eigenvalue weighted by molar-refractivity contribution is 9.10. The molecule has 20 heavy (non-hydrogen) atoms. The highest BCUT2D eigenvalue weighted by Crippen LogP contribution is 2.37. The molecular formula is C14H19BrF3NO. The Morgan fingerprint density at radius 2 is 1.90 bits per heavy atom. The van der Waals surface area contributed by atoms with Crippen molar-refractivity contribution < 1.29 is 18.3 Å². The molecule has 0 aliphatic carbocycles. The first kappa shape index (κ1) is 17.5. The summed E-state index contributed by atoms with van der Waals surface area (Å²) in [6.45, 7) is 4.20. The van der Waals surface area contributed by atoms with Gasteiger partial charge < -0.3 is 10.8 Å². The molecule has 3 N–H and O–H groups in total. The molecule has 0 saturated heterocycles. The zero-order valence-electron chi connectivity index (χ0n) is 11.4. The monoisotopic (exact) mass is 353 g/mol. The van der Waals surface area contributed by atoms with E-state index < -0.39 is 17.8 Å². The molecule has 1 aromatic rings. The van der Waals surface area contributed by atoms with E-state index in [9.17, 15) is 18.3 Å². The molecular weight excluding hydrogens is 335 g/mol. The second-order valence-corrected chi connectivity index (χ2v) is 6.16. The average Bonchev–Trinajstić information content (AvgIpc) is 2.34.